The van der Waals surface area contributed by atoms with E-state index in [-0.39, 0.29) is 0 Å². The number of aromatic nitrogens is 2. The first-order valence-corrected chi connectivity index (χ1v) is 8.40. The maximum Gasteiger partial charge on any atom is 0.187 e. The molecule has 1 unspecified atom stereocenters. The molecule has 0 saturated heterocycles. The van der Waals surface area contributed by atoms with Gasteiger partial charge in [-0.25, -0.2) is 9.97 Å². The van der Waals surface area contributed by atoms with Crippen LogP contribution in [0.15, 0.2) is 41.7 Å². The molecule has 0 bridgehead atoms. The Morgan fingerprint density at radius 3 is 2.57 bits per heavy atom. The van der Waals surface area contributed by atoms with Crippen LogP contribution < -0.4 is 5.32 Å². The zero-order valence-corrected chi connectivity index (χ0v) is 13.8. The van der Waals surface area contributed by atoms with Gasteiger partial charge in [-0.15, -0.1) is 0 Å². The summed E-state index contributed by atoms with van der Waals surface area (Å²) < 4.78 is 0. The number of nitrogens with one attached hydrogen (secondary N) is 1. The lowest BCUT2D eigenvalue weighted by Crippen LogP contribution is -2.18. The summed E-state index contributed by atoms with van der Waals surface area (Å²) in [4.78, 5) is 8.74. The van der Waals surface area contributed by atoms with E-state index in [1.54, 1.807) is 11.8 Å². The first-order valence-electron chi connectivity index (χ1n) is 7.41. The van der Waals surface area contributed by atoms with Gasteiger partial charge in [0.1, 0.15) is 0 Å². The zero-order valence-electron chi connectivity index (χ0n) is 13.0. The second-order valence-corrected chi connectivity index (χ2v) is 6.11. The van der Waals surface area contributed by atoms with E-state index in [2.05, 4.69) is 46.5 Å². The molecule has 2 rings (SSSR count). The monoisotopic (exact) mass is 301 g/mol. The van der Waals surface area contributed by atoms with Gasteiger partial charge in [0.2, 0.25) is 0 Å². The third-order valence-corrected chi connectivity index (χ3v) is 4.38. The highest BCUT2D eigenvalue weighted by Gasteiger charge is 2.10. The van der Waals surface area contributed by atoms with Crippen molar-refractivity contribution in [2.45, 2.75) is 37.9 Å². The van der Waals surface area contributed by atoms with Crippen molar-refractivity contribution in [1.29, 1.82) is 0 Å². The molecule has 4 heteroatoms. The average Bonchev–Trinajstić information content (AvgIpc) is 2.50. The van der Waals surface area contributed by atoms with E-state index in [0.717, 1.165) is 23.0 Å². The summed E-state index contributed by atoms with van der Waals surface area (Å²) in [5, 5.41) is 4.22. The van der Waals surface area contributed by atoms with Crippen molar-refractivity contribution in [3.63, 3.8) is 0 Å². The highest BCUT2D eigenvalue weighted by atomic mass is 32.2. The second-order valence-electron chi connectivity index (χ2n) is 5.12. The largest absolute Gasteiger partial charge is 0.312 e. The number of aryl methyl sites for hydroxylation is 2. The smallest absolute Gasteiger partial charge is 0.187 e. The Bertz CT molecular complexity index is 554. The third kappa shape index (κ3) is 4.83. The molecule has 1 aromatic carbocycles. The first-order chi connectivity index (χ1) is 10.2. The minimum absolute atomic E-state index is 0.315. The highest BCUT2D eigenvalue weighted by Crippen LogP contribution is 2.22. The van der Waals surface area contributed by atoms with Gasteiger partial charge < -0.3 is 5.32 Å². The number of rotatable bonds is 7. The maximum absolute atomic E-state index is 4.44. The van der Waals surface area contributed by atoms with E-state index in [1.807, 2.05) is 26.2 Å². The van der Waals surface area contributed by atoms with E-state index in [0.29, 0.717) is 6.04 Å². The fraction of sp³-hybridized carbons (Fsp3) is 0.412. The summed E-state index contributed by atoms with van der Waals surface area (Å²) in [7, 11) is 2.00. The quantitative estimate of drug-likeness (QED) is 0.624. The van der Waals surface area contributed by atoms with Crippen LogP contribution in [0.2, 0.25) is 0 Å². The zero-order chi connectivity index (χ0) is 15.1. The molecule has 21 heavy (non-hydrogen) atoms. The number of hydrogen-bond acceptors (Lipinski definition) is 4. The molecule has 3 nitrogen and oxygen atoms in total. The minimum atomic E-state index is 0.315. The molecular formula is C17H23N3S. The Morgan fingerprint density at radius 2 is 1.95 bits per heavy atom. The van der Waals surface area contributed by atoms with Crippen molar-refractivity contribution in [1.82, 2.24) is 15.3 Å². The molecule has 1 atom stereocenters. The first kappa shape index (κ1) is 16.0. The lowest BCUT2D eigenvalue weighted by Gasteiger charge is -2.16. The average molecular weight is 301 g/mol. The lowest BCUT2D eigenvalue weighted by molar-refractivity contribution is 0.660. The van der Waals surface area contributed by atoms with Crippen LogP contribution in [0.1, 0.15) is 36.2 Å². The summed E-state index contributed by atoms with van der Waals surface area (Å²) >= 11 is 1.69. The van der Waals surface area contributed by atoms with Gasteiger partial charge in [0.25, 0.3) is 0 Å². The summed E-state index contributed by atoms with van der Waals surface area (Å²) in [6.07, 6.45) is 4.16. The number of hydrogen-bond donors (Lipinski definition) is 1. The topological polar surface area (TPSA) is 37.8 Å². The maximum atomic E-state index is 4.44. The molecule has 112 valence electrons. The van der Waals surface area contributed by atoms with E-state index in [9.17, 15) is 0 Å². The van der Waals surface area contributed by atoms with Crippen LogP contribution in [-0.2, 0) is 6.42 Å². The normalized spacial score (nSPS) is 12.3. The van der Waals surface area contributed by atoms with Crippen LogP contribution in [0.5, 0.6) is 0 Å². The number of nitrogens with zero attached hydrogens (tertiary/aromatic N) is 2. The standard InChI is InChI=1S/C17H23N3S/c1-4-5-14-6-8-15(9-7-14)16(18-3)12-21-17-19-11-10-13(2)20-17/h6-11,16,18H,4-5,12H2,1-3H3. The third-order valence-electron chi connectivity index (χ3n) is 3.42. The molecule has 0 aliphatic rings. The Morgan fingerprint density at radius 1 is 1.19 bits per heavy atom. The predicted molar refractivity (Wildman–Crippen MR) is 89.7 cm³/mol. The van der Waals surface area contributed by atoms with Gasteiger partial charge in [-0.1, -0.05) is 49.4 Å². The van der Waals surface area contributed by atoms with Crippen molar-refractivity contribution in [2.75, 3.05) is 12.8 Å². The van der Waals surface area contributed by atoms with Crippen molar-refractivity contribution >= 4 is 11.8 Å². The molecule has 0 radical (unpaired) electrons. The van der Waals surface area contributed by atoms with Crippen LogP contribution >= 0.6 is 11.8 Å². The molecular weight excluding hydrogens is 278 g/mol. The molecule has 0 aliphatic carbocycles. The fourth-order valence-electron chi connectivity index (χ4n) is 2.20. The highest BCUT2D eigenvalue weighted by molar-refractivity contribution is 7.99. The fourth-order valence-corrected chi connectivity index (χ4v) is 3.22. The van der Waals surface area contributed by atoms with Crippen molar-refractivity contribution < 1.29 is 0 Å². The van der Waals surface area contributed by atoms with Gasteiger partial charge in [-0.3, -0.25) is 0 Å². The Labute approximate surface area is 131 Å². The molecule has 0 spiro atoms. The van der Waals surface area contributed by atoms with Gasteiger partial charge in [-0.05, 0) is 37.6 Å². The Balaban J connectivity index is 1.99. The molecule has 0 saturated carbocycles. The van der Waals surface area contributed by atoms with E-state index in [1.165, 1.54) is 17.5 Å². The summed E-state index contributed by atoms with van der Waals surface area (Å²) in [5.74, 6) is 0.924. The van der Waals surface area contributed by atoms with Crippen molar-refractivity contribution in [3.8, 4) is 0 Å². The van der Waals surface area contributed by atoms with Gasteiger partial charge in [0.15, 0.2) is 5.16 Å². The number of thioether (sulfide) groups is 1. The molecule has 2 aromatic rings. The Hall–Kier alpha value is -1.39. The summed E-state index contributed by atoms with van der Waals surface area (Å²) in [6.45, 7) is 4.20. The molecule has 0 fully saturated rings. The SMILES string of the molecule is CCCc1ccc(C(CSc2nccc(C)n2)NC)cc1. The van der Waals surface area contributed by atoms with Gasteiger partial charge in [-0.2, -0.15) is 0 Å². The van der Waals surface area contributed by atoms with Crippen LogP contribution in [0.25, 0.3) is 0 Å². The molecule has 1 aromatic heterocycles. The molecule has 0 aliphatic heterocycles. The van der Waals surface area contributed by atoms with Crippen molar-refractivity contribution in [3.05, 3.63) is 53.3 Å². The Kier molecular flexibility index (Phi) is 6.21. The number of benzene rings is 1. The van der Waals surface area contributed by atoms with Gasteiger partial charge >= 0.3 is 0 Å². The van der Waals surface area contributed by atoms with Crippen molar-refractivity contribution in [2.24, 2.45) is 0 Å². The van der Waals surface area contributed by atoms with Gasteiger partial charge in [0.05, 0.1) is 0 Å². The van der Waals surface area contributed by atoms with Gasteiger partial charge in [0, 0.05) is 23.7 Å². The van der Waals surface area contributed by atoms with Crippen LogP contribution in [0, 0.1) is 6.92 Å². The van der Waals surface area contributed by atoms with E-state index >= 15 is 0 Å². The lowest BCUT2D eigenvalue weighted by atomic mass is 10.0. The van der Waals surface area contributed by atoms with Crippen LogP contribution in [0.4, 0.5) is 0 Å². The minimum Gasteiger partial charge on any atom is -0.312 e. The van der Waals surface area contributed by atoms with E-state index in [4.69, 9.17) is 0 Å². The molecule has 1 N–H and O–H groups in total. The molecule has 0 amide bonds. The van der Waals surface area contributed by atoms with Crippen LogP contribution in [-0.4, -0.2) is 22.8 Å². The van der Waals surface area contributed by atoms with Crippen LogP contribution in [0.3, 0.4) is 0 Å². The summed E-state index contributed by atoms with van der Waals surface area (Å²) in [5.41, 5.74) is 3.74. The van der Waals surface area contributed by atoms with E-state index < -0.39 is 0 Å². The second kappa shape index (κ2) is 8.15. The predicted octanol–water partition coefficient (Wildman–Crippen LogP) is 3.79. The molecule has 1 heterocycles. The summed E-state index contributed by atoms with van der Waals surface area (Å²) in [6, 6.07) is 11.2.